The smallest absolute Gasteiger partial charge is 0.0917 e. The van der Waals surface area contributed by atoms with Crippen molar-refractivity contribution in [2.24, 2.45) is 0 Å². The quantitative estimate of drug-likeness (QED) is 0.748. The van der Waals surface area contributed by atoms with Gasteiger partial charge in [-0.3, -0.25) is 4.90 Å². The van der Waals surface area contributed by atoms with Crippen molar-refractivity contribution in [3.8, 4) is 0 Å². The van der Waals surface area contributed by atoms with Crippen LogP contribution in [0.15, 0.2) is 30.3 Å². The lowest BCUT2D eigenvalue weighted by molar-refractivity contribution is 0.0380. The maximum absolute atomic E-state index is 10.3. The predicted octanol–water partition coefficient (Wildman–Crippen LogP) is 1.50. The topological polar surface area (TPSA) is 46.9 Å². The third-order valence-electron chi connectivity index (χ3n) is 4.32. The first-order valence-corrected chi connectivity index (χ1v) is 8.01. The van der Waals surface area contributed by atoms with E-state index in [2.05, 4.69) is 16.7 Å². The number of aliphatic hydroxyl groups excluding tert-OH is 2. The van der Waals surface area contributed by atoms with E-state index in [1.807, 2.05) is 30.3 Å². The fourth-order valence-electron chi connectivity index (χ4n) is 2.99. The summed E-state index contributed by atoms with van der Waals surface area (Å²) in [4.78, 5) is 4.84. The zero-order chi connectivity index (χ0) is 15.1. The van der Waals surface area contributed by atoms with Crippen LogP contribution in [0, 0.1) is 0 Å². The van der Waals surface area contributed by atoms with Gasteiger partial charge in [-0.2, -0.15) is 0 Å². The van der Waals surface area contributed by atoms with Gasteiger partial charge in [-0.15, -0.1) is 0 Å². The molecular weight excluding hydrogens is 264 g/mol. The molecule has 0 spiro atoms. The van der Waals surface area contributed by atoms with Crippen molar-refractivity contribution in [2.45, 2.75) is 31.9 Å². The van der Waals surface area contributed by atoms with Crippen molar-refractivity contribution in [1.29, 1.82) is 0 Å². The van der Waals surface area contributed by atoms with Crippen molar-refractivity contribution in [1.82, 2.24) is 9.80 Å². The molecule has 2 atom stereocenters. The Kier molecular flexibility index (Phi) is 6.64. The van der Waals surface area contributed by atoms with E-state index in [4.69, 9.17) is 5.11 Å². The summed E-state index contributed by atoms with van der Waals surface area (Å²) in [6, 6.07) is 10.4. The minimum absolute atomic E-state index is 0.290. The van der Waals surface area contributed by atoms with Crippen LogP contribution in [0.2, 0.25) is 0 Å². The number of rotatable bonds is 7. The summed E-state index contributed by atoms with van der Waals surface area (Å²) in [6.07, 6.45) is 1.55. The molecule has 1 aliphatic heterocycles. The molecule has 2 N–H and O–H groups in total. The standard InChI is InChI=1S/C17H28N2O2/c1-15-13-18(9-5-6-12-20)10-11-19(15)14-17(21)16-7-3-2-4-8-16/h2-4,7-8,15,17,20-21H,5-6,9-14H2,1H3/t15-,17+/m1/s1. The summed E-state index contributed by atoms with van der Waals surface area (Å²) in [7, 11) is 0. The average Bonchev–Trinajstić information content (AvgIpc) is 2.51. The van der Waals surface area contributed by atoms with E-state index < -0.39 is 6.10 Å². The fourth-order valence-corrected chi connectivity index (χ4v) is 2.99. The number of β-amino-alcohol motifs (C(OH)–C–C–N with tert-alkyl or cyclic N) is 1. The summed E-state index contributed by atoms with van der Waals surface area (Å²) in [5.41, 5.74) is 0.995. The summed E-state index contributed by atoms with van der Waals surface area (Å²) < 4.78 is 0. The molecule has 0 amide bonds. The van der Waals surface area contributed by atoms with E-state index in [0.717, 1.165) is 44.6 Å². The molecule has 0 unspecified atom stereocenters. The minimum atomic E-state index is -0.408. The average molecular weight is 292 g/mol. The van der Waals surface area contributed by atoms with Gasteiger partial charge in [0, 0.05) is 38.8 Å². The van der Waals surface area contributed by atoms with Gasteiger partial charge >= 0.3 is 0 Å². The maximum atomic E-state index is 10.3. The molecule has 0 aliphatic carbocycles. The van der Waals surface area contributed by atoms with Crippen molar-refractivity contribution in [3.05, 3.63) is 35.9 Å². The summed E-state index contributed by atoms with van der Waals surface area (Å²) in [5.74, 6) is 0. The first-order chi connectivity index (χ1) is 10.2. The molecule has 1 fully saturated rings. The van der Waals surface area contributed by atoms with Gasteiger partial charge in [-0.25, -0.2) is 0 Å². The number of benzene rings is 1. The Balaban J connectivity index is 1.78. The van der Waals surface area contributed by atoms with E-state index in [0.29, 0.717) is 19.2 Å². The van der Waals surface area contributed by atoms with Crippen LogP contribution in [0.25, 0.3) is 0 Å². The van der Waals surface area contributed by atoms with Gasteiger partial charge in [0.05, 0.1) is 6.10 Å². The summed E-state index contributed by atoms with van der Waals surface area (Å²) >= 11 is 0. The number of hydrogen-bond acceptors (Lipinski definition) is 4. The Morgan fingerprint density at radius 3 is 2.62 bits per heavy atom. The van der Waals surface area contributed by atoms with E-state index in [-0.39, 0.29) is 0 Å². The normalized spacial score (nSPS) is 22.3. The molecule has 2 rings (SSSR count). The molecular formula is C17H28N2O2. The van der Waals surface area contributed by atoms with Gasteiger partial charge in [0.1, 0.15) is 0 Å². The number of aliphatic hydroxyl groups is 2. The second kappa shape index (κ2) is 8.49. The third-order valence-corrected chi connectivity index (χ3v) is 4.32. The van der Waals surface area contributed by atoms with Gasteiger partial charge < -0.3 is 15.1 Å². The van der Waals surface area contributed by atoms with Crippen LogP contribution >= 0.6 is 0 Å². The Morgan fingerprint density at radius 2 is 1.95 bits per heavy atom. The van der Waals surface area contributed by atoms with Crippen molar-refractivity contribution in [2.75, 3.05) is 39.3 Å². The van der Waals surface area contributed by atoms with Crippen molar-refractivity contribution in [3.63, 3.8) is 0 Å². The highest BCUT2D eigenvalue weighted by Gasteiger charge is 2.25. The molecule has 4 nitrogen and oxygen atoms in total. The van der Waals surface area contributed by atoms with Crippen LogP contribution in [0.1, 0.15) is 31.4 Å². The largest absolute Gasteiger partial charge is 0.396 e. The number of nitrogens with zero attached hydrogens (tertiary/aromatic N) is 2. The fraction of sp³-hybridized carbons (Fsp3) is 0.647. The zero-order valence-corrected chi connectivity index (χ0v) is 13.0. The second-order valence-corrected chi connectivity index (χ2v) is 6.00. The first kappa shape index (κ1) is 16.4. The molecule has 1 heterocycles. The summed E-state index contributed by atoms with van der Waals surface area (Å²) in [6.45, 7) is 7.40. The Bertz CT molecular complexity index is 399. The van der Waals surface area contributed by atoms with Crippen LogP contribution < -0.4 is 0 Å². The summed E-state index contributed by atoms with van der Waals surface area (Å²) in [5, 5.41) is 19.2. The minimum Gasteiger partial charge on any atom is -0.396 e. The maximum Gasteiger partial charge on any atom is 0.0917 e. The number of piperazine rings is 1. The van der Waals surface area contributed by atoms with Crippen LogP contribution in [0.5, 0.6) is 0 Å². The molecule has 0 radical (unpaired) electrons. The molecule has 21 heavy (non-hydrogen) atoms. The Labute approximate surface area is 128 Å². The van der Waals surface area contributed by atoms with Crippen LogP contribution in [-0.2, 0) is 0 Å². The van der Waals surface area contributed by atoms with Crippen molar-refractivity contribution < 1.29 is 10.2 Å². The van der Waals surface area contributed by atoms with E-state index in [1.54, 1.807) is 0 Å². The van der Waals surface area contributed by atoms with E-state index >= 15 is 0 Å². The second-order valence-electron chi connectivity index (χ2n) is 6.00. The van der Waals surface area contributed by atoms with E-state index in [9.17, 15) is 5.11 Å². The Morgan fingerprint density at radius 1 is 1.19 bits per heavy atom. The molecule has 0 bridgehead atoms. The predicted molar refractivity (Wildman–Crippen MR) is 85.2 cm³/mol. The van der Waals surface area contributed by atoms with Gasteiger partial charge in [0.25, 0.3) is 0 Å². The van der Waals surface area contributed by atoms with Gasteiger partial charge in [0.2, 0.25) is 0 Å². The lowest BCUT2D eigenvalue weighted by Gasteiger charge is -2.40. The molecule has 1 aromatic carbocycles. The number of hydrogen-bond donors (Lipinski definition) is 2. The lowest BCUT2D eigenvalue weighted by atomic mass is 10.1. The van der Waals surface area contributed by atoms with Gasteiger partial charge in [-0.05, 0) is 31.9 Å². The van der Waals surface area contributed by atoms with Gasteiger partial charge in [0.15, 0.2) is 0 Å². The highest BCUT2D eigenvalue weighted by atomic mass is 16.3. The zero-order valence-electron chi connectivity index (χ0n) is 13.0. The molecule has 0 aromatic heterocycles. The molecule has 0 saturated carbocycles. The van der Waals surface area contributed by atoms with Crippen LogP contribution in [-0.4, -0.2) is 65.4 Å². The third kappa shape index (κ3) is 5.08. The molecule has 1 saturated heterocycles. The monoisotopic (exact) mass is 292 g/mol. The number of unbranched alkanes of at least 4 members (excludes halogenated alkanes) is 1. The molecule has 4 heteroatoms. The first-order valence-electron chi connectivity index (χ1n) is 8.01. The highest BCUT2D eigenvalue weighted by molar-refractivity contribution is 5.17. The SMILES string of the molecule is C[C@@H]1CN(CCCCO)CCN1C[C@H](O)c1ccccc1. The Hall–Kier alpha value is -0.940. The molecule has 1 aromatic rings. The van der Waals surface area contributed by atoms with E-state index in [1.165, 1.54) is 0 Å². The lowest BCUT2D eigenvalue weighted by Crippen LogP contribution is -2.52. The van der Waals surface area contributed by atoms with Crippen LogP contribution in [0.4, 0.5) is 0 Å². The van der Waals surface area contributed by atoms with Crippen LogP contribution in [0.3, 0.4) is 0 Å². The highest BCUT2D eigenvalue weighted by Crippen LogP contribution is 2.18. The van der Waals surface area contributed by atoms with Crippen molar-refractivity contribution >= 4 is 0 Å². The van der Waals surface area contributed by atoms with Gasteiger partial charge in [-0.1, -0.05) is 30.3 Å². The molecule has 118 valence electrons. The molecule has 1 aliphatic rings.